The minimum Gasteiger partial charge on any atom is -0.378 e. The molecule has 4 heteroatoms. The third-order valence-electron chi connectivity index (χ3n) is 3.41. The van der Waals surface area contributed by atoms with Crippen LogP contribution in [0.1, 0.15) is 19.8 Å². The normalized spacial score (nSPS) is 34.1. The van der Waals surface area contributed by atoms with Crippen LogP contribution in [0, 0.1) is 5.92 Å². The molecule has 2 fully saturated rings. The zero-order valence-corrected chi connectivity index (χ0v) is 8.51. The SMILES string of the molecule is CCC1CCN(C2COC2)CC1(F)F. The smallest absolute Gasteiger partial charge is 0.263 e. The molecule has 2 aliphatic rings. The number of rotatable bonds is 2. The highest BCUT2D eigenvalue weighted by molar-refractivity contribution is 4.90. The van der Waals surface area contributed by atoms with Crippen LogP contribution >= 0.6 is 0 Å². The van der Waals surface area contributed by atoms with Gasteiger partial charge in [0.1, 0.15) is 0 Å². The molecule has 0 bridgehead atoms. The summed E-state index contributed by atoms with van der Waals surface area (Å²) in [6.45, 7) is 3.85. The summed E-state index contributed by atoms with van der Waals surface area (Å²) in [5.41, 5.74) is 0. The van der Waals surface area contributed by atoms with Crippen molar-refractivity contribution in [3.8, 4) is 0 Å². The Bertz CT molecular complexity index is 206. The van der Waals surface area contributed by atoms with Crippen LogP contribution in [0.3, 0.4) is 0 Å². The van der Waals surface area contributed by atoms with Crippen molar-refractivity contribution < 1.29 is 13.5 Å². The van der Waals surface area contributed by atoms with Gasteiger partial charge in [0.15, 0.2) is 0 Å². The van der Waals surface area contributed by atoms with Crippen LogP contribution < -0.4 is 0 Å². The zero-order valence-electron chi connectivity index (χ0n) is 8.51. The molecule has 2 nitrogen and oxygen atoms in total. The molecule has 0 radical (unpaired) electrons. The van der Waals surface area contributed by atoms with E-state index in [1.807, 2.05) is 11.8 Å². The van der Waals surface area contributed by atoms with Gasteiger partial charge in [-0.15, -0.1) is 0 Å². The Morgan fingerprint density at radius 3 is 2.57 bits per heavy atom. The third kappa shape index (κ3) is 1.77. The molecular formula is C10H17F2NO. The lowest BCUT2D eigenvalue weighted by Crippen LogP contribution is -2.57. The van der Waals surface area contributed by atoms with Gasteiger partial charge in [0, 0.05) is 5.92 Å². The van der Waals surface area contributed by atoms with Gasteiger partial charge < -0.3 is 4.74 Å². The van der Waals surface area contributed by atoms with Crippen molar-refractivity contribution in [3.63, 3.8) is 0 Å². The fraction of sp³-hybridized carbons (Fsp3) is 1.00. The third-order valence-corrected chi connectivity index (χ3v) is 3.41. The molecule has 2 rings (SSSR count). The van der Waals surface area contributed by atoms with E-state index in [0.29, 0.717) is 26.1 Å². The number of piperidine rings is 1. The van der Waals surface area contributed by atoms with Gasteiger partial charge in [0.2, 0.25) is 0 Å². The number of halogens is 2. The van der Waals surface area contributed by atoms with E-state index in [4.69, 9.17) is 4.74 Å². The monoisotopic (exact) mass is 205 g/mol. The van der Waals surface area contributed by atoms with Gasteiger partial charge in [-0.3, -0.25) is 4.90 Å². The Labute approximate surface area is 83.2 Å². The van der Waals surface area contributed by atoms with E-state index in [1.54, 1.807) is 0 Å². The van der Waals surface area contributed by atoms with Crippen molar-refractivity contribution in [3.05, 3.63) is 0 Å². The van der Waals surface area contributed by atoms with Crippen LogP contribution in [0.2, 0.25) is 0 Å². The molecule has 0 spiro atoms. The van der Waals surface area contributed by atoms with Crippen LogP contribution in [0.4, 0.5) is 8.78 Å². The minimum atomic E-state index is -2.50. The van der Waals surface area contributed by atoms with E-state index < -0.39 is 11.8 Å². The number of nitrogens with zero attached hydrogens (tertiary/aromatic N) is 1. The highest BCUT2D eigenvalue weighted by atomic mass is 19.3. The Kier molecular flexibility index (Phi) is 2.75. The molecule has 2 aliphatic heterocycles. The van der Waals surface area contributed by atoms with E-state index in [-0.39, 0.29) is 12.6 Å². The first-order valence-corrected chi connectivity index (χ1v) is 5.33. The average molecular weight is 205 g/mol. The fourth-order valence-electron chi connectivity index (χ4n) is 2.26. The lowest BCUT2D eigenvalue weighted by molar-refractivity contribution is -0.153. The molecule has 0 saturated carbocycles. The molecule has 2 saturated heterocycles. The summed E-state index contributed by atoms with van der Waals surface area (Å²) < 4.78 is 32.1. The van der Waals surface area contributed by atoms with Crippen molar-refractivity contribution in [2.24, 2.45) is 5.92 Å². The molecule has 1 unspecified atom stereocenters. The molecule has 0 aromatic heterocycles. The van der Waals surface area contributed by atoms with Crippen LogP contribution in [0.5, 0.6) is 0 Å². The lowest BCUT2D eigenvalue weighted by atomic mass is 9.89. The maximum Gasteiger partial charge on any atom is 0.263 e. The predicted molar refractivity (Wildman–Crippen MR) is 49.5 cm³/mol. The summed E-state index contributed by atoms with van der Waals surface area (Å²) in [7, 11) is 0. The summed E-state index contributed by atoms with van der Waals surface area (Å²) in [4.78, 5) is 1.88. The summed E-state index contributed by atoms with van der Waals surface area (Å²) in [6, 6.07) is 0.249. The Morgan fingerprint density at radius 1 is 1.43 bits per heavy atom. The second kappa shape index (κ2) is 3.74. The van der Waals surface area contributed by atoms with Crippen LogP contribution in [0.15, 0.2) is 0 Å². The highest BCUT2D eigenvalue weighted by Crippen LogP contribution is 2.36. The number of hydrogen-bond acceptors (Lipinski definition) is 2. The maximum absolute atomic E-state index is 13.6. The molecule has 1 atom stereocenters. The number of ether oxygens (including phenoxy) is 1. The van der Waals surface area contributed by atoms with Crippen LogP contribution in [-0.2, 0) is 4.74 Å². The molecule has 14 heavy (non-hydrogen) atoms. The van der Waals surface area contributed by atoms with E-state index in [9.17, 15) is 8.78 Å². The zero-order chi connectivity index (χ0) is 10.2. The molecule has 0 N–H and O–H groups in total. The average Bonchev–Trinajstić information content (AvgIpc) is 1.99. The maximum atomic E-state index is 13.6. The van der Waals surface area contributed by atoms with Crippen molar-refractivity contribution in [1.82, 2.24) is 4.90 Å². The summed E-state index contributed by atoms with van der Waals surface area (Å²) in [5, 5.41) is 0. The van der Waals surface area contributed by atoms with Gasteiger partial charge in [-0.2, -0.15) is 0 Å². The van der Waals surface area contributed by atoms with Gasteiger partial charge in [0.25, 0.3) is 5.92 Å². The topological polar surface area (TPSA) is 12.5 Å². The number of hydrogen-bond donors (Lipinski definition) is 0. The van der Waals surface area contributed by atoms with Gasteiger partial charge in [-0.25, -0.2) is 8.78 Å². The Balaban J connectivity index is 1.94. The van der Waals surface area contributed by atoms with E-state index in [2.05, 4.69) is 0 Å². The molecule has 0 amide bonds. The van der Waals surface area contributed by atoms with Crippen molar-refractivity contribution >= 4 is 0 Å². The number of alkyl halides is 2. The second-order valence-electron chi connectivity index (χ2n) is 4.32. The molecule has 2 heterocycles. The Hall–Kier alpha value is -0.220. The molecular weight excluding hydrogens is 188 g/mol. The first kappa shape index (κ1) is 10.3. The Morgan fingerprint density at radius 2 is 2.14 bits per heavy atom. The number of likely N-dealkylation sites (tertiary alicyclic amines) is 1. The summed E-state index contributed by atoms with van der Waals surface area (Å²) >= 11 is 0. The molecule has 82 valence electrons. The van der Waals surface area contributed by atoms with E-state index in [0.717, 1.165) is 6.54 Å². The minimum absolute atomic E-state index is 0.0699. The predicted octanol–water partition coefficient (Wildman–Crippen LogP) is 1.75. The summed E-state index contributed by atoms with van der Waals surface area (Å²) in [6.07, 6.45) is 1.21. The van der Waals surface area contributed by atoms with Crippen LogP contribution in [-0.4, -0.2) is 43.2 Å². The van der Waals surface area contributed by atoms with Crippen molar-refractivity contribution in [2.45, 2.75) is 31.7 Å². The lowest BCUT2D eigenvalue weighted by Gasteiger charge is -2.44. The molecule has 0 aromatic carbocycles. The first-order valence-electron chi connectivity index (χ1n) is 5.33. The highest BCUT2D eigenvalue weighted by Gasteiger charge is 2.45. The van der Waals surface area contributed by atoms with Crippen LogP contribution in [0.25, 0.3) is 0 Å². The quantitative estimate of drug-likeness (QED) is 0.681. The van der Waals surface area contributed by atoms with Gasteiger partial charge in [-0.1, -0.05) is 6.92 Å². The second-order valence-corrected chi connectivity index (χ2v) is 4.32. The molecule has 0 aliphatic carbocycles. The first-order chi connectivity index (χ1) is 6.63. The molecule has 0 aromatic rings. The van der Waals surface area contributed by atoms with E-state index in [1.165, 1.54) is 0 Å². The standard InChI is InChI=1S/C10H17F2NO/c1-2-8-3-4-13(7-10(8,11)12)9-5-14-6-9/h8-9H,2-7H2,1H3. The van der Waals surface area contributed by atoms with E-state index >= 15 is 0 Å². The van der Waals surface area contributed by atoms with Crippen molar-refractivity contribution in [1.29, 1.82) is 0 Å². The summed E-state index contributed by atoms with van der Waals surface area (Å²) in [5.74, 6) is -2.91. The van der Waals surface area contributed by atoms with Crippen molar-refractivity contribution in [2.75, 3.05) is 26.3 Å². The largest absolute Gasteiger partial charge is 0.378 e. The van der Waals surface area contributed by atoms with Gasteiger partial charge in [-0.05, 0) is 19.4 Å². The van der Waals surface area contributed by atoms with Gasteiger partial charge >= 0.3 is 0 Å². The fourth-order valence-corrected chi connectivity index (χ4v) is 2.26. The van der Waals surface area contributed by atoms with Gasteiger partial charge in [0.05, 0.1) is 25.8 Å².